The van der Waals surface area contributed by atoms with E-state index >= 15 is 0 Å². The van der Waals surface area contributed by atoms with Crippen molar-refractivity contribution in [2.24, 2.45) is 0 Å². The monoisotopic (exact) mass is 455 g/mol. The van der Waals surface area contributed by atoms with Crippen LogP contribution < -0.4 is 10.2 Å². The highest BCUT2D eigenvalue weighted by Crippen LogP contribution is 2.31. The molecule has 1 unspecified atom stereocenters. The molecule has 5 rings (SSSR count). The molecule has 0 spiro atoms. The minimum atomic E-state index is -0.242. The number of likely N-dealkylation sites (tertiary alicyclic amines) is 1. The standard InChI is InChI=1S/C28H33N5O/c34-28(27-21-29-15-16-30-27)31-24-8-10-25(11-9-24)33-19-13-26(14-20-33)32-17-4-7-23(12-18-32)22-5-2-1-3-6-22/h1-3,5-6,8-11,15-16,21,23,26H,4,7,12-14,17-20H2,(H,31,34). The number of piperidine rings is 1. The summed E-state index contributed by atoms with van der Waals surface area (Å²) in [7, 11) is 0. The number of carbonyl (C=O) groups is 1. The Morgan fingerprint density at radius 3 is 2.38 bits per heavy atom. The van der Waals surface area contributed by atoms with Gasteiger partial charge in [-0.1, -0.05) is 30.3 Å². The topological polar surface area (TPSA) is 61.4 Å². The zero-order chi connectivity index (χ0) is 23.2. The van der Waals surface area contributed by atoms with E-state index in [0.29, 0.717) is 17.7 Å². The van der Waals surface area contributed by atoms with E-state index in [1.807, 2.05) is 12.1 Å². The van der Waals surface area contributed by atoms with E-state index in [4.69, 9.17) is 0 Å². The molecule has 2 aliphatic heterocycles. The SMILES string of the molecule is O=C(Nc1ccc(N2CCC(N3CCCC(c4ccccc4)CC3)CC2)cc1)c1cnccn1. The first kappa shape index (κ1) is 22.5. The minimum Gasteiger partial charge on any atom is -0.371 e. The molecule has 1 atom stereocenters. The maximum Gasteiger partial charge on any atom is 0.275 e. The lowest BCUT2D eigenvalue weighted by Gasteiger charge is -2.39. The average molecular weight is 456 g/mol. The molecule has 1 N–H and O–H groups in total. The van der Waals surface area contributed by atoms with Crippen LogP contribution in [-0.4, -0.2) is 53.0 Å². The maximum absolute atomic E-state index is 12.3. The summed E-state index contributed by atoms with van der Waals surface area (Å²) in [6.07, 6.45) is 10.8. The van der Waals surface area contributed by atoms with Gasteiger partial charge in [0, 0.05) is 42.9 Å². The number of anilines is 2. The lowest BCUT2D eigenvalue weighted by Crippen LogP contribution is -2.45. The third kappa shape index (κ3) is 5.45. The fourth-order valence-corrected chi connectivity index (χ4v) is 5.40. The molecule has 0 aliphatic carbocycles. The number of hydrogen-bond donors (Lipinski definition) is 1. The van der Waals surface area contributed by atoms with Crippen molar-refractivity contribution in [1.82, 2.24) is 14.9 Å². The quantitative estimate of drug-likeness (QED) is 0.589. The minimum absolute atomic E-state index is 0.242. The summed E-state index contributed by atoms with van der Waals surface area (Å²) in [5.41, 5.74) is 3.82. The van der Waals surface area contributed by atoms with E-state index in [1.165, 1.54) is 68.8 Å². The molecule has 2 fully saturated rings. The number of rotatable bonds is 5. The number of nitrogens with one attached hydrogen (secondary N) is 1. The molecular formula is C28H33N5O. The van der Waals surface area contributed by atoms with Crippen molar-refractivity contribution in [3.63, 3.8) is 0 Å². The number of benzene rings is 2. The highest BCUT2D eigenvalue weighted by Gasteiger charge is 2.27. The van der Waals surface area contributed by atoms with Crippen LogP contribution in [0.15, 0.2) is 73.2 Å². The predicted octanol–water partition coefficient (Wildman–Crippen LogP) is 4.97. The van der Waals surface area contributed by atoms with Crippen LogP contribution in [0.3, 0.4) is 0 Å². The molecule has 6 heteroatoms. The van der Waals surface area contributed by atoms with Crippen LogP contribution >= 0.6 is 0 Å². The molecule has 3 aromatic rings. The highest BCUT2D eigenvalue weighted by molar-refractivity contribution is 6.02. The summed E-state index contributed by atoms with van der Waals surface area (Å²) in [5.74, 6) is 0.466. The number of nitrogens with zero attached hydrogens (tertiary/aromatic N) is 4. The molecule has 6 nitrogen and oxygen atoms in total. The molecule has 0 radical (unpaired) electrons. The van der Waals surface area contributed by atoms with Gasteiger partial charge >= 0.3 is 0 Å². The van der Waals surface area contributed by atoms with Gasteiger partial charge in [0.05, 0.1) is 6.20 Å². The van der Waals surface area contributed by atoms with Gasteiger partial charge in [0.1, 0.15) is 5.69 Å². The van der Waals surface area contributed by atoms with Gasteiger partial charge in [0.15, 0.2) is 0 Å². The van der Waals surface area contributed by atoms with E-state index in [9.17, 15) is 4.79 Å². The van der Waals surface area contributed by atoms with Gasteiger partial charge in [-0.25, -0.2) is 4.98 Å². The van der Waals surface area contributed by atoms with E-state index in [0.717, 1.165) is 18.8 Å². The highest BCUT2D eigenvalue weighted by atomic mass is 16.1. The molecule has 34 heavy (non-hydrogen) atoms. The summed E-state index contributed by atoms with van der Waals surface area (Å²) in [6.45, 7) is 4.60. The Morgan fingerprint density at radius 2 is 1.65 bits per heavy atom. The van der Waals surface area contributed by atoms with Crippen LogP contribution in [0.2, 0.25) is 0 Å². The number of hydrogen-bond acceptors (Lipinski definition) is 5. The second kappa shape index (κ2) is 10.8. The molecule has 0 bridgehead atoms. The Morgan fingerprint density at radius 1 is 0.853 bits per heavy atom. The van der Waals surface area contributed by atoms with Crippen molar-refractivity contribution in [3.8, 4) is 0 Å². The van der Waals surface area contributed by atoms with Crippen molar-refractivity contribution in [2.45, 2.75) is 44.1 Å². The Labute approximate surface area is 202 Å². The molecule has 1 aromatic heterocycles. The smallest absolute Gasteiger partial charge is 0.275 e. The first-order valence-corrected chi connectivity index (χ1v) is 12.5. The van der Waals surface area contributed by atoms with Gasteiger partial charge in [0.25, 0.3) is 5.91 Å². The van der Waals surface area contributed by atoms with Gasteiger partial charge < -0.3 is 15.1 Å². The van der Waals surface area contributed by atoms with Gasteiger partial charge in [-0.15, -0.1) is 0 Å². The number of carbonyl (C=O) groups excluding carboxylic acids is 1. The van der Waals surface area contributed by atoms with E-state index in [-0.39, 0.29) is 5.91 Å². The molecule has 3 heterocycles. The summed E-state index contributed by atoms with van der Waals surface area (Å²) >= 11 is 0. The molecule has 2 saturated heterocycles. The molecule has 2 aromatic carbocycles. The fourth-order valence-electron chi connectivity index (χ4n) is 5.40. The van der Waals surface area contributed by atoms with Gasteiger partial charge in [0.2, 0.25) is 0 Å². The zero-order valence-corrected chi connectivity index (χ0v) is 19.6. The predicted molar refractivity (Wildman–Crippen MR) is 136 cm³/mol. The van der Waals surface area contributed by atoms with Gasteiger partial charge in [-0.2, -0.15) is 0 Å². The Hall–Kier alpha value is -3.25. The van der Waals surface area contributed by atoms with Crippen LogP contribution in [0, 0.1) is 0 Å². The third-order valence-corrected chi connectivity index (χ3v) is 7.30. The third-order valence-electron chi connectivity index (χ3n) is 7.30. The summed E-state index contributed by atoms with van der Waals surface area (Å²) < 4.78 is 0. The van der Waals surface area contributed by atoms with Crippen molar-refractivity contribution < 1.29 is 4.79 Å². The average Bonchev–Trinajstić information content (AvgIpc) is 3.17. The van der Waals surface area contributed by atoms with Crippen LogP contribution in [0.5, 0.6) is 0 Å². The van der Waals surface area contributed by atoms with E-state index in [1.54, 1.807) is 6.20 Å². The maximum atomic E-state index is 12.3. The van der Waals surface area contributed by atoms with Gasteiger partial charge in [-0.05, 0) is 80.9 Å². The largest absolute Gasteiger partial charge is 0.371 e. The lowest BCUT2D eigenvalue weighted by molar-refractivity contribution is 0.102. The van der Waals surface area contributed by atoms with E-state index in [2.05, 4.69) is 67.5 Å². The van der Waals surface area contributed by atoms with Crippen molar-refractivity contribution >= 4 is 17.3 Å². The summed E-state index contributed by atoms with van der Waals surface area (Å²) in [4.78, 5) is 25.5. The van der Waals surface area contributed by atoms with Crippen LogP contribution in [0.4, 0.5) is 11.4 Å². The lowest BCUT2D eigenvalue weighted by atomic mass is 9.92. The van der Waals surface area contributed by atoms with Crippen LogP contribution in [-0.2, 0) is 0 Å². The second-order valence-electron chi connectivity index (χ2n) is 9.38. The Balaban J connectivity index is 1.11. The Bertz CT molecular complexity index is 1050. The molecule has 0 saturated carbocycles. The molecule has 2 aliphatic rings. The van der Waals surface area contributed by atoms with Crippen molar-refractivity contribution in [1.29, 1.82) is 0 Å². The molecular weight excluding hydrogens is 422 g/mol. The van der Waals surface area contributed by atoms with Crippen LogP contribution in [0.1, 0.15) is 54.1 Å². The van der Waals surface area contributed by atoms with E-state index < -0.39 is 0 Å². The van der Waals surface area contributed by atoms with Crippen LogP contribution in [0.25, 0.3) is 0 Å². The molecule has 176 valence electrons. The van der Waals surface area contributed by atoms with Crippen molar-refractivity contribution in [3.05, 3.63) is 84.4 Å². The van der Waals surface area contributed by atoms with Gasteiger partial charge in [-0.3, -0.25) is 9.78 Å². The first-order valence-electron chi connectivity index (χ1n) is 12.5. The summed E-state index contributed by atoms with van der Waals surface area (Å²) in [5, 5.41) is 2.89. The number of amides is 1. The molecule has 1 amide bonds. The first-order chi connectivity index (χ1) is 16.8. The van der Waals surface area contributed by atoms with Crippen molar-refractivity contribution in [2.75, 3.05) is 36.4 Å². The normalized spacial score (nSPS) is 20.0. The second-order valence-corrected chi connectivity index (χ2v) is 9.38. The number of aromatic nitrogens is 2. The Kier molecular flexibility index (Phi) is 7.15. The fraction of sp³-hybridized carbons (Fsp3) is 0.393. The summed E-state index contributed by atoms with van der Waals surface area (Å²) in [6, 6.07) is 19.9. The zero-order valence-electron chi connectivity index (χ0n) is 19.6.